The van der Waals surface area contributed by atoms with Crippen molar-refractivity contribution in [3.63, 3.8) is 0 Å². The van der Waals surface area contributed by atoms with Crippen LogP contribution in [0.15, 0.2) is 36.9 Å². The molecule has 0 aliphatic carbocycles. The van der Waals surface area contributed by atoms with E-state index in [0.29, 0.717) is 12.3 Å². The van der Waals surface area contributed by atoms with Gasteiger partial charge in [-0.2, -0.15) is 0 Å². The summed E-state index contributed by atoms with van der Waals surface area (Å²) < 4.78 is 6.36. The van der Waals surface area contributed by atoms with E-state index < -0.39 is 0 Å². The van der Waals surface area contributed by atoms with E-state index in [1.807, 2.05) is 13.1 Å². The monoisotopic (exact) mass is 448 g/mol. The van der Waals surface area contributed by atoms with E-state index in [0.717, 1.165) is 49.4 Å². The smallest absolute Gasteiger partial charge is 0.181 e. The van der Waals surface area contributed by atoms with Crippen molar-refractivity contribution in [1.29, 1.82) is 0 Å². The van der Waals surface area contributed by atoms with Gasteiger partial charge in [0.2, 0.25) is 0 Å². The Kier molecular flexibility index (Phi) is 6.47. The first-order valence-corrected chi connectivity index (χ1v) is 11.9. The largest absolute Gasteiger partial charge is 0.375 e. The van der Waals surface area contributed by atoms with Crippen LogP contribution in [-0.4, -0.2) is 55.1 Å². The average Bonchev–Trinajstić information content (AvgIpc) is 3.25. The van der Waals surface area contributed by atoms with E-state index in [1.54, 1.807) is 18.6 Å². The third-order valence-corrected chi connectivity index (χ3v) is 7.65. The zero-order valence-electron chi connectivity index (χ0n) is 20.8. The predicted molar refractivity (Wildman–Crippen MR) is 130 cm³/mol. The van der Waals surface area contributed by atoms with Gasteiger partial charge in [-0.1, -0.05) is 6.07 Å². The van der Waals surface area contributed by atoms with Crippen molar-refractivity contribution in [2.45, 2.75) is 71.9 Å². The molecule has 0 spiro atoms. The zero-order chi connectivity index (χ0) is 23.7. The number of ether oxygens (including phenoxy) is 1. The van der Waals surface area contributed by atoms with Crippen molar-refractivity contribution in [3.8, 4) is 0 Å². The quantitative estimate of drug-likeness (QED) is 0.502. The Morgan fingerprint density at radius 3 is 2.55 bits per heavy atom. The fourth-order valence-corrected chi connectivity index (χ4v) is 5.15. The average molecular weight is 449 g/mol. The molecule has 1 atom stereocenters. The maximum Gasteiger partial charge on any atom is 0.181 e. The highest BCUT2D eigenvalue weighted by Crippen LogP contribution is 2.49. The van der Waals surface area contributed by atoms with Crippen LogP contribution in [0.4, 0.5) is 0 Å². The van der Waals surface area contributed by atoms with Gasteiger partial charge < -0.3 is 4.74 Å². The standard InChI is InChI=1S/C26H36N6O/c1-7-33-25(5,6)26(11-10-22-30-17-21-23(31-22)28-14-13-27-21)12-15-32(18-26)24(3,4)20-9-8-19(2)29-16-20/h8-9,13-14,16-17H,7,10-12,15,18H2,1-6H3. The third kappa shape index (κ3) is 4.62. The van der Waals surface area contributed by atoms with Gasteiger partial charge in [-0.15, -0.1) is 0 Å². The lowest BCUT2D eigenvalue weighted by Gasteiger charge is -2.45. The number of hydrogen-bond donors (Lipinski definition) is 0. The summed E-state index contributed by atoms with van der Waals surface area (Å²) in [4.78, 5) is 25.0. The first-order valence-electron chi connectivity index (χ1n) is 11.9. The van der Waals surface area contributed by atoms with Crippen LogP contribution >= 0.6 is 0 Å². The Balaban J connectivity index is 1.59. The molecule has 1 aliphatic rings. The Bertz CT molecular complexity index is 1100. The fourth-order valence-electron chi connectivity index (χ4n) is 5.15. The minimum atomic E-state index is -0.269. The van der Waals surface area contributed by atoms with E-state index in [4.69, 9.17) is 4.74 Å². The number of likely N-dealkylation sites (tertiary alicyclic amines) is 1. The minimum absolute atomic E-state index is 0.0148. The number of hydrogen-bond acceptors (Lipinski definition) is 7. The van der Waals surface area contributed by atoms with Crippen LogP contribution in [0.25, 0.3) is 11.2 Å². The molecule has 1 unspecified atom stereocenters. The minimum Gasteiger partial charge on any atom is -0.375 e. The van der Waals surface area contributed by atoms with Gasteiger partial charge in [0, 0.05) is 54.8 Å². The van der Waals surface area contributed by atoms with Gasteiger partial charge in [-0.05, 0) is 72.6 Å². The molecule has 0 amide bonds. The molecule has 0 N–H and O–H groups in total. The normalized spacial score (nSPS) is 19.9. The molecule has 0 bridgehead atoms. The lowest BCUT2D eigenvalue weighted by molar-refractivity contribution is -0.109. The molecule has 176 valence electrons. The Hall–Kier alpha value is -2.51. The van der Waals surface area contributed by atoms with Crippen molar-refractivity contribution in [2.24, 2.45) is 5.41 Å². The molecule has 0 radical (unpaired) electrons. The number of pyridine rings is 1. The van der Waals surface area contributed by atoms with Crippen molar-refractivity contribution in [3.05, 3.63) is 54.0 Å². The molecule has 0 saturated carbocycles. The molecule has 1 fully saturated rings. The third-order valence-electron chi connectivity index (χ3n) is 7.65. The molecular formula is C26H36N6O. The van der Waals surface area contributed by atoms with Crippen molar-refractivity contribution < 1.29 is 4.74 Å². The van der Waals surface area contributed by atoms with Crippen LogP contribution in [0.5, 0.6) is 0 Å². The first kappa shape index (κ1) is 23.6. The van der Waals surface area contributed by atoms with Crippen LogP contribution in [-0.2, 0) is 16.7 Å². The number of nitrogens with zero attached hydrogens (tertiary/aromatic N) is 6. The molecule has 1 saturated heterocycles. The molecule has 1 aliphatic heterocycles. The highest BCUT2D eigenvalue weighted by Gasteiger charge is 2.52. The van der Waals surface area contributed by atoms with Gasteiger partial charge in [0.05, 0.1) is 11.8 Å². The summed E-state index contributed by atoms with van der Waals surface area (Å²) in [5, 5.41) is 0. The molecule has 33 heavy (non-hydrogen) atoms. The summed E-state index contributed by atoms with van der Waals surface area (Å²) in [6.07, 6.45) is 9.94. The highest BCUT2D eigenvalue weighted by molar-refractivity contribution is 5.67. The Morgan fingerprint density at radius 1 is 1.03 bits per heavy atom. The maximum atomic E-state index is 6.36. The Morgan fingerprint density at radius 2 is 1.82 bits per heavy atom. The lowest BCUT2D eigenvalue weighted by Crippen LogP contribution is -2.50. The molecule has 7 nitrogen and oxygen atoms in total. The van der Waals surface area contributed by atoms with Crippen molar-refractivity contribution in [2.75, 3.05) is 19.7 Å². The maximum absolute atomic E-state index is 6.36. The summed E-state index contributed by atoms with van der Waals surface area (Å²) >= 11 is 0. The van der Waals surface area contributed by atoms with E-state index in [1.165, 1.54) is 5.56 Å². The molecule has 3 aromatic heterocycles. The zero-order valence-corrected chi connectivity index (χ0v) is 20.8. The number of aromatic nitrogens is 5. The molecular weight excluding hydrogens is 412 g/mol. The second-order valence-corrected chi connectivity index (χ2v) is 10.2. The van der Waals surface area contributed by atoms with Crippen molar-refractivity contribution in [1.82, 2.24) is 29.8 Å². The fraction of sp³-hybridized carbons (Fsp3) is 0.577. The summed E-state index contributed by atoms with van der Waals surface area (Å²) in [6.45, 7) is 15.9. The number of aryl methyl sites for hydroxylation is 2. The molecule has 3 aromatic rings. The second kappa shape index (κ2) is 9.03. The lowest BCUT2D eigenvalue weighted by atomic mass is 9.69. The van der Waals surface area contributed by atoms with Gasteiger partial charge in [0.1, 0.15) is 11.3 Å². The second-order valence-electron chi connectivity index (χ2n) is 10.2. The molecule has 0 aromatic carbocycles. The summed E-state index contributed by atoms with van der Waals surface area (Å²) in [5.41, 5.74) is 3.28. The Labute approximate surface area is 197 Å². The van der Waals surface area contributed by atoms with E-state index >= 15 is 0 Å². The van der Waals surface area contributed by atoms with Crippen LogP contribution < -0.4 is 0 Å². The summed E-state index contributed by atoms with van der Waals surface area (Å²) in [5.74, 6) is 0.815. The molecule has 4 heterocycles. The topological polar surface area (TPSA) is 76.9 Å². The van der Waals surface area contributed by atoms with Gasteiger partial charge >= 0.3 is 0 Å². The highest BCUT2D eigenvalue weighted by atomic mass is 16.5. The van der Waals surface area contributed by atoms with Crippen LogP contribution in [0, 0.1) is 12.3 Å². The van der Waals surface area contributed by atoms with Crippen LogP contribution in [0.2, 0.25) is 0 Å². The number of fused-ring (bicyclic) bond motifs is 1. The van der Waals surface area contributed by atoms with Crippen LogP contribution in [0.1, 0.15) is 64.5 Å². The van der Waals surface area contributed by atoms with Crippen LogP contribution in [0.3, 0.4) is 0 Å². The van der Waals surface area contributed by atoms with Gasteiger partial charge in [0.25, 0.3) is 0 Å². The number of rotatable bonds is 8. The van der Waals surface area contributed by atoms with E-state index in [-0.39, 0.29) is 16.6 Å². The summed E-state index contributed by atoms with van der Waals surface area (Å²) in [6, 6.07) is 4.31. The van der Waals surface area contributed by atoms with Gasteiger partial charge in [-0.25, -0.2) is 19.9 Å². The molecule has 4 rings (SSSR count). The van der Waals surface area contributed by atoms with E-state index in [2.05, 4.69) is 76.6 Å². The van der Waals surface area contributed by atoms with E-state index in [9.17, 15) is 0 Å². The van der Waals surface area contributed by atoms with Gasteiger partial charge in [0.15, 0.2) is 5.65 Å². The predicted octanol–water partition coefficient (Wildman–Crippen LogP) is 4.50. The SMILES string of the molecule is CCOC(C)(C)C1(CCc2ncc3nccnc3n2)CCN(C(C)(C)c2ccc(C)nc2)C1. The summed E-state index contributed by atoms with van der Waals surface area (Å²) in [7, 11) is 0. The van der Waals surface area contributed by atoms with Crippen molar-refractivity contribution >= 4 is 11.2 Å². The van der Waals surface area contributed by atoms with Gasteiger partial charge in [-0.3, -0.25) is 9.88 Å². The molecule has 7 heteroatoms. The first-order chi connectivity index (χ1) is 15.7.